The van der Waals surface area contributed by atoms with Crippen molar-refractivity contribution in [2.75, 3.05) is 0 Å². The minimum Gasteiger partial charge on any atom is -0.0697 e. The van der Waals surface area contributed by atoms with Crippen LogP contribution in [0, 0.1) is 0 Å². The first-order valence-electron chi connectivity index (χ1n) is 3.79. The minimum absolute atomic E-state index is 1.02. The lowest BCUT2D eigenvalue weighted by molar-refractivity contribution is 0.504. The third-order valence-corrected chi connectivity index (χ3v) is 2.30. The van der Waals surface area contributed by atoms with Crippen LogP contribution in [-0.4, -0.2) is 15.7 Å². The van der Waals surface area contributed by atoms with Crippen LogP contribution in [0.5, 0.6) is 0 Å². The van der Waals surface area contributed by atoms with Crippen molar-refractivity contribution in [2.45, 2.75) is 37.3 Å². The van der Waals surface area contributed by atoms with Gasteiger partial charge in [0.15, 0.2) is 0 Å². The van der Waals surface area contributed by atoms with Crippen LogP contribution in [0.2, 0.25) is 11.6 Å². The van der Waals surface area contributed by atoms with Crippen molar-refractivity contribution in [3.05, 3.63) is 0 Å². The Balaban J connectivity index is 2.19. The Labute approximate surface area is 53.9 Å². The summed E-state index contributed by atoms with van der Waals surface area (Å²) in [5.41, 5.74) is 0. The molecule has 44 valence electrons. The monoisotopic (exact) mass is 108 g/mol. The Hall–Kier alpha value is 0.130. The summed E-state index contributed by atoms with van der Waals surface area (Å²) in [7, 11) is 4.73. The summed E-state index contributed by atoms with van der Waals surface area (Å²) in [5, 5.41) is 0. The quantitative estimate of drug-likeness (QED) is 0.394. The summed E-state index contributed by atoms with van der Waals surface area (Å²) >= 11 is 0. The highest BCUT2D eigenvalue weighted by Crippen LogP contribution is 2.31. The second kappa shape index (κ2) is 2.61. The highest BCUT2D eigenvalue weighted by Gasteiger charge is 2.13. The fraction of sp³-hybridized carbons (Fsp3) is 1.00. The van der Waals surface area contributed by atoms with Crippen molar-refractivity contribution in [1.82, 2.24) is 0 Å². The lowest BCUT2D eigenvalue weighted by atomic mass is 9.66. The molecule has 0 amide bonds. The van der Waals surface area contributed by atoms with Crippen LogP contribution in [0.25, 0.3) is 0 Å². The maximum Gasteiger partial charge on any atom is 0.105 e. The molecule has 0 atom stereocenters. The first kappa shape index (κ1) is 6.25. The van der Waals surface area contributed by atoms with E-state index in [2.05, 4.69) is 15.7 Å². The molecule has 0 aromatic carbocycles. The van der Waals surface area contributed by atoms with Crippen molar-refractivity contribution in [3.8, 4) is 0 Å². The van der Waals surface area contributed by atoms with E-state index in [0.717, 1.165) is 11.6 Å². The Morgan fingerprint density at radius 2 is 1.00 bits per heavy atom. The molecule has 0 saturated heterocycles. The van der Waals surface area contributed by atoms with E-state index in [9.17, 15) is 0 Å². The molecule has 0 radical (unpaired) electrons. The van der Waals surface area contributed by atoms with Crippen molar-refractivity contribution >= 4 is 15.7 Å². The number of hydrogen-bond donors (Lipinski definition) is 0. The van der Waals surface area contributed by atoms with E-state index in [-0.39, 0.29) is 0 Å². The van der Waals surface area contributed by atoms with Gasteiger partial charge in [0, 0.05) is 0 Å². The lowest BCUT2D eigenvalue weighted by Crippen LogP contribution is -2.05. The largest absolute Gasteiger partial charge is 0.105 e. The highest BCUT2D eigenvalue weighted by molar-refractivity contribution is 6.13. The molecule has 0 nitrogen and oxygen atoms in total. The van der Waals surface area contributed by atoms with Crippen LogP contribution >= 0.6 is 0 Å². The first-order valence-corrected chi connectivity index (χ1v) is 3.79. The summed E-state index contributed by atoms with van der Waals surface area (Å²) in [6.07, 6.45) is 5.89. The average Bonchev–Trinajstić information content (AvgIpc) is 1.77. The highest BCUT2D eigenvalue weighted by atomic mass is 14.1. The zero-order valence-corrected chi connectivity index (χ0v) is 5.98. The summed E-state index contributed by atoms with van der Waals surface area (Å²) in [4.78, 5) is 0. The van der Waals surface area contributed by atoms with E-state index in [4.69, 9.17) is 0 Å². The smallest absolute Gasteiger partial charge is 0.0697 e. The summed E-state index contributed by atoms with van der Waals surface area (Å²) < 4.78 is 0. The normalized spacial score (nSPS) is 39.5. The molecule has 1 aliphatic carbocycles. The molecule has 0 spiro atoms. The third kappa shape index (κ3) is 1.57. The van der Waals surface area contributed by atoms with E-state index in [0.29, 0.717) is 0 Å². The van der Waals surface area contributed by atoms with Crippen LogP contribution in [0.1, 0.15) is 25.7 Å². The zero-order chi connectivity index (χ0) is 5.98. The van der Waals surface area contributed by atoms with Gasteiger partial charge in [-0.2, -0.15) is 0 Å². The van der Waals surface area contributed by atoms with Crippen LogP contribution < -0.4 is 0 Å². The maximum absolute atomic E-state index is 2.37. The van der Waals surface area contributed by atoms with E-state index in [1.807, 2.05) is 0 Å². The molecule has 8 heavy (non-hydrogen) atoms. The minimum atomic E-state index is 1.02. The van der Waals surface area contributed by atoms with Crippen molar-refractivity contribution in [2.24, 2.45) is 0 Å². The molecular weight excluding hydrogens is 93.7 g/mol. The summed E-state index contributed by atoms with van der Waals surface area (Å²) in [5.74, 6) is 2.04. The second-order valence-corrected chi connectivity index (χ2v) is 3.37. The Morgan fingerprint density at radius 3 is 1.25 bits per heavy atom. The van der Waals surface area contributed by atoms with Gasteiger partial charge in [0.2, 0.25) is 0 Å². The number of rotatable bonds is 0. The van der Waals surface area contributed by atoms with E-state index < -0.39 is 0 Å². The van der Waals surface area contributed by atoms with Gasteiger partial charge in [-0.15, -0.1) is 0 Å². The topological polar surface area (TPSA) is 0 Å². The van der Waals surface area contributed by atoms with Gasteiger partial charge in [-0.1, -0.05) is 37.3 Å². The Bertz CT molecular complexity index is 54.9. The molecule has 1 saturated carbocycles. The number of hydrogen-bond acceptors (Lipinski definition) is 0. The van der Waals surface area contributed by atoms with Crippen LogP contribution in [0.3, 0.4) is 0 Å². The van der Waals surface area contributed by atoms with Gasteiger partial charge in [-0.25, -0.2) is 0 Å². The summed E-state index contributed by atoms with van der Waals surface area (Å²) in [6.45, 7) is 0. The van der Waals surface area contributed by atoms with Gasteiger partial charge in [0.05, 0.1) is 0 Å². The van der Waals surface area contributed by atoms with Gasteiger partial charge in [-0.3, -0.25) is 0 Å². The van der Waals surface area contributed by atoms with Crippen LogP contribution in [0.4, 0.5) is 0 Å². The Kier molecular flexibility index (Phi) is 2.04. The average molecular weight is 108 g/mol. The second-order valence-electron chi connectivity index (χ2n) is 3.37. The SMILES string of the molecule is BC1CCC(B)CC1. The van der Waals surface area contributed by atoms with Crippen molar-refractivity contribution < 1.29 is 0 Å². The van der Waals surface area contributed by atoms with Gasteiger partial charge < -0.3 is 0 Å². The van der Waals surface area contributed by atoms with Crippen LogP contribution in [-0.2, 0) is 0 Å². The maximum atomic E-state index is 2.37. The van der Waals surface area contributed by atoms with Gasteiger partial charge in [0.1, 0.15) is 15.7 Å². The van der Waals surface area contributed by atoms with Gasteiger partial charge in [-0.05, 0) is 0 Å². The fourth-order valence-corrected chi connectivity index (χ4v) is 1.43. The molecule has 0 aliphatic heterocycles. The molecule has 2 heteroatoms. The molecule has 1 aliphatic rings. The van der Waals surface area contributed by atoms with Crippen molar-refractivity contribution in [3.63, 3.8) is 0 Å². The predicted molar refractivity (Wildman–Crippen MR) is 43.1 cm³/mol. The third-order valence-electron chi connectivity index (χ3n) is 2.30. The first-order chi connectivity index (χ1) is 3.79. The van der Waals surface area contributed by atoms with Gasteiger partial charge >= 0.3 is 0 Å². The molecule has 1 rings (SSSR count). The van der Waals surface area contributed by atoms with E-state index in [1.54, 1.807) is 0 Å². The fourth-order valence-electron chi connectivity index (χ4n) is 1.43. The predicted octanol–water partition coefficient (Wildman–Crippen LogP) is 0.404. The molecular formula is C6H14B2. The van der Waals surface area contributed by atoms with Crippen molar-refractivity contribution in [1.29, 1.82) is 0 Å². The summed E-state index contributed by atoms with van der Waals surface area (Å²) in [6, 6.07) is 0. The molecule has 0 N–H and O–H groups in total. The van der Waals surface area contributed by atoms with Crippen LogP contribution in [0.15, 0.2) is 0 Å². The molecule has 1 fully saturated rings. The van der Waals surface area contributed by atoms with E-state index >= 15 is 0 Å². The molecule has 0 aromatic rings. The molecule has 0 bridgehead atoms. The zero-order valence-electron chi connectivity index (χ0n) is 5.98. The lowest BCUT2D eigenvalue weighted by Gasteiger charge is -2.22. The van der Waals surface area contributed by atoms with Gasteiger partial charge in [0.25, 0.3) is 0 Å². The van der Waals surface area contributed by atoms with E-state index in [1.165, 1.54) is 25.7 Å². The molecule has 0 heterocycles. The standard InChI is InChI=1S/C6H14B2/c7-5-1-2-6(8)4-3-5/h5-6H,1-4,7-8H2. The molecule has 0 unspecified atom stereocenters. The Morgan fingerprint density at radius 1 is 0.750 bits per heavy atom. The molecule has 0 aromatic heterocycles.